The molecule has 2 fully saturated rings. The van der Waals surface area contributed by atoms with Crippen molar-refractivity contribution in [3.63, 3.8) is 0 Å². The molecule has 1 atom stereocenters. The Morgan fingerprint density at radius 3 is 2.40 bits per heavy atom. The van der Waals surface area contributed by atoms with Crippen molar-refractivity contribution in [2.24, 2.45) is 0 Å². The van der Waals surface area contributed by atoms with E-state index in [9.17, 15) is 18.0 Å². The number of nitrogens with one attached hydrogen (secondary N) is 1. The highest BCUT2D eigenvalue weighted by Crippen LogP contribution is 2.35. The minimum Gasteiger partial charge on any atom is -0.353 e. The van der Waals surface area contributed by atoms with Crippen molar-refractivity contribution in [3.8, 4) is 0 Å². The summed E-state index contributed by atoms with van der Waals surface area (Å²) in [7, 11) is -3.54. The van der Waals surface area contributed by atoms with E-state index in [0.717, 1.165) is 38.0 Å². The molecule has 4 rings (SSSR count). The number of hydrogen-bond donors (Lipinski definition) is 1. The molecule has 1 unspecified atom stereocenters. The van der Waals surface area contributed by atoms with E-state index in [-0.39, 0.29) is 16.7 Å². The summed E-state index contributed by atoms with van der Waals surface area (Å²) in [6.45, 7) is 6.02. The van der Waals surface area contributed by atoms with Crippen LogP contribution in [0.1, 0.15) is 38.2 Å². The number of amides is 2. The molecular formula is C21H30N4O4S. The summed E-state index contributed by atoms with van der Waals surface area (Å²) in [5.74, 6) is -0.409. The van der Waals surface area contributed by atoms with E-state index in [0.29, 0.717) is 31.7 Å². The lowest BCUT2D eigenvalue weighted by Crippen LogP contribution is -2.48. The molecule has 8 nitrogen and oxygen atoms in total. The molecule has 2 saturated heterocycles. The second kappa shape index (κ2) is 8.64. The monoisotopic (exact) mass is 434 g/mol. The smallest absolute Gasteiger partial charge is 0.243 e. The molecule has 0 radical (unpaired) electrons. The molecule has 1 N–H and O–H groups in total. The van der Waals surface area contributed by atoms with Gasteiger partial charge in [-0.1, -0.05) is 0 Å². The molecule has 2 amide bonds. The van der Waals surface area contributed by atoms with E-state index in [1.165, 1.54) is 29.0 Å². The fourth-order valence-electron chi connectivity index (χ4n) is 4.73. The quantitative estimate of drug-likeness (QED) is 0.720. The van der Waals surface area contributed by atoms with E-state index in [1.54, 1.807) is 18.2 Å². The topological polar surface area (TPSA) is 90.0 Å². The number of rotatable bonds is 6. The predicted octanol–water partition coefficient (Wildman–Crippen LogP) is 0.961. The first-order valence-corrected chi connectivity index (χ1v) is 12.2. The summed E-state index contributed by atoms with van der Waals surface area (Å²) in [5, 5.41) is 2.96. The van der Waals surface area contributed by atoms with Crippen LogP contribution < -0.4 is 10.2 Å². The van der Waals surface area contributed by atoms with Gasteiger partial charge in [-0.25, -0.2) is 8.42 Å². The van der Waals surface area contributed by atoms with Crippen molar-refractivity contribution < 1.29 is 18.0 Å². The zero-order chi connectivity index (χ0) is 21.3. The van der Waals surface area contributed by atoms with E-state index < -0.39 is 16.1 Å². The Hall–Kier alpha value is -1.97. The van der Waals surface area contributed by atoms with Crippen LogP contribution in [0.3, 0.4) is 0 Å². The van der Waals surface area contributed by atoms with Gasteiger partial charge in [-0.3, -0.25) is 14.5 Å². The van der Waals surface area contributed by atoms with Crippen molar-refractivity contribution in [1.82, 2.24) is 14.5 Å². The summed E-state index contributed by atoms with van der Waals surface area (Å²) in [5.41, 5.74) is 1.35. The molecule has 0 spiro atoms. The van der Waals surface area contributed by atoms with Crippen LogP contribution in [-0.4, -0.2) is 74.7 Å². The van der Waals surface area contributed by atoms with Gasteiger partial charge in [0.15, 0.2) is 0 Å². The van der Waals surface area contributed by atoms with Crippen LogP contribution in [-0.2, 0) is 26.0 Å². The largest absolute Gasteiger partial charge is 0.353 e. The van der Waals surface area contributed by atoms with Gasteiger partial charge >= 0.3 is 0 Å². The number of sulfonamides is 1. The van der Waals surface area contributed by atoms with Crippen molar-refractivity contribution in [1.29, 1.82) is 0 Å². The molecule has 9 heteroatoms. The number of likely N-dealkylation sites (tertiary alicyclic amines) is 1. The summed E-state index contributed by atoms with van der Waals surface area (Å²) >= 11 is 0. The fraction of sp³-hybridized carbons (Fsp3) is 0.619. The highest BCUT2D eigenvalue weighted by Gasteiger charge is 2.38. The number of carbonyl (C=O) groups excluding carboxylic acids is 2. The van der Waals surface area contributed by atoms with Crippen LogP contribution in [0.15, 0.2) is 23.1 Å². The predicted molar refractivity (Wildman–Crippen MR) is 114 cm³/mol. The molecular weight excluding hydrogens is 404 g/mol. The maximum Gasteiger partial charge on any atom is 0.243 e. The molecule has 30 heavy (non-hydrogen) atoms. The highest BCUT2D eigenvalue weighted by molar-refractivity contribution is 7.89. The Morgan fingerprint density at radius 1 is 1.07 bits per heavy atom. The molecule has 0 aromatic heterocycles. The Labute approximate surface area is 178 Å². The molecule has 1 aromatic carbocycles. The third-order valence-corrected chi connectivity index (χ3v) is 8.20. The average molecular weight is 435 g/mol. The molecule has 0 bridgehead atoms. The van der Waals surface area contributed by atoms with Gasteiger partial charge in [0.1, 0.15) is 6.04 Å². The third kappa shape index (κ3) is 4.10. The van der Waals surface area contributed by atoms with Crippen LogP contribution in [0.25, 0.3) is 0 Å². The fourth-order valence-corrected chi connectivity index (χ4v) is 6.29. The molecule has 164 valence electrons. The molecule has 0 saturated carbocycles. The van der Waals surface area contributed by atoms with Crippen LogP contribution >= 0.6 is 0 Å². The van der Waals surface area contributed by atoms with E-state index in [2.05, 4.69) is 10.2 Å². The SMILES string of the molecule is CC(=O)N1c2ccc(S(=O)(=O)N3CCCC3)cc2CC1C(=O)NCCN1CCCC1. The van der Waals surface area contributed by atoms with Gasteiger partial charge < -0.3 is 10.2 Å². The van der Waals surface area contributed by atoms with E-state index in [4.69, 9.17) is 0 Å². The Balaban J connectivity index is 1.49. The number of nitrogens with zero attached hydrogens (tertiary/aromatic N) is 3. The standard InChI is InChI=1S/C21H30N4O4S/c1-16(26)25-19-7-6-18(30(28,29)24-11-4-5-12-24)14-17(19)15-20(25)21(27)22-8-13-23-9-2-3-10-23/h6-7,14,20H,2-5,8-13,15H2,1H3,(H,22,27). The third-order valence-electron chi connectivity index (χ3n) is 6.31. The first-order chi connectivity index (χ1) is 14.4. The van der Waals surface area contributed by atoms with Gasteiger partial charge in [-0.15, -0.1) is 0 Å². The Bertz CT molecular complexity index is 921. The van der Waals surface area contributed by atoms with Gasteiger partial charge in [0, 0.05) is 45.2 Å². The lowest BCUT2D eigenvalue weighted by atomic mass is 10.1. The zero-order valence-corrected chi connectivity index (χ0v) is 18.3. The van der Waals surface area contributed by atoms with Crippen LogP contribution in [0.2, 0.25) is 0 Å². The van der Waals surface area contributed by atoms with Crippen molar-refractivity contribution >= 4 is 27.5 Å². The summed E-state index contributed by atoms with van der Waals surface area (Å²) in [6.07, 6.45) is 4.48. The number of benzene rings is 1. The molecule has 3 aliphatic heterocycles. The van der Waals surface area contributed by atoms with Gasteiger partial charge in [0.25, 0.3) is 0 Å². The maximum absolute atomic E-state index is 12.9. The lowest BCUT2D eigenvalue weighted by molar-refractivity contribution is -0.125. The van der Waals surface area contributed by atoms with E-state index in [1.807, 2.05) is 0 Å². The summed E-state index contributed by atoms with van der Waals surface area (Å²) in [6, 6.07) is 4.21. The average Bonchev–Trinajstić information content (AvgIpc) is 3.46. The van der Waals surface area contributed by atoms with Crippen molar-refractivity contribution in [2.45, 2.75) is 50.0 Å². The van der Waals surface area contributed by atoms with Crippen molar-refractivity contribution in [3.05, 3.63) is 23.8 Å². The summed E-state index contributed by atoms with van der Waals surface area (Å²) < 4.78 is 27.3. The molecule has 0 aliphatic carbocycles. The zero-order valence-electron chi connectivity index (χ0n) is 17.5. The van der Waals surface area contributed by atoms with Gasteiger partial charge in [-0.05, 0) is 62.5 Å². The van der Waals surface area contributed by atoms with Gasteiger partial charge in [-0.2, -0.15) is 4.31 Å². The van der Waals surface area contributed by atoms with Crippen LogP contribution in [0.5, 0.6) is 0 Å². The number of fused-ring (bicyclic) bond motifs is 1. The minimum atomic E-state index is -3.54. The van der Waals surface area contributed by atoms with E-state index >= 15 is 0 Å². The first-order valence-electron chi connectivity index (χ1n) is 10.8. The molecule has 3 aliphatic rings. The number of carbonyl (C=O) groups is 2. The maximum atomic E-state index is 12.9. The second-order valence-corrected chi connectivity index (χ2v) is 10.3. The van der Waals surface area contributed by atoms with Gasteiger partial charge in [0.05, 0.1) is 4.90 Å². The first kappa shape index (κ1) is 21.3. The normalized spacial score (nSPS) is 22.4. The second-order valence-electron chi connectivity index (χ2n) is 8.35. The van der Waals surface area contributed by atoms with Crippen LogP contribution in [0, 0.1) is 0 Å². The molecule has 3 heterocycles. The van der Waals surface area contributed by atoms with Crippen LogP contribution in [0.4, 0.5) is 5.69 Å². The Kier molecular flexibility index (Phi) is 6.13. The minimum absolute atomic E-state index is 0.190. The number of hydrogen-bond acceptors (Lipinski definition) is 5. The van der Waals surface area contributed by atoms with Gasteiger partial charge in [0.2, 0.25) is 21.8 Å². The highest BCUT2D eigenvalue weighted by atomic mass is 32.2. The van der Waals surface area contributed by atoms with Crippen molar-refractivity contribution in [2.75, 3.05) is 44.2 Å². The Morgan fingerprint density at radius 2 is 1.73 bits per heavy atom. The lowest BCUT2D eigenvalue weighted by Gasteiger charge is -2.24. The number of anilines is 1. The summed E-state index contributed by atoms with van der Waals surface area (Å²) in [4.78, 5) is 29.2. The molecule has 1 aromatic rings.